The minimum Gasteiger partial charge on any atom is -0.465 e. The van der Waals surface area contributed by atoms with Crippen LogP contribution in [0, 0.1) is 5.92 Å². The molecule has 2 aromatic rings. The molecule has 6 heteroatoms. The van der Waals surface area contributed by atoms with Crippen molar-refractivity contribution in [3.63, 3.8) is 0 Å². The van der Waals surface area contributed by atoms with Gasteiger partial charge in [0.25, 0.3) is 0 Å². The van der Waals surface area contributed by atoms with Crippen LogP contribution in [0.15, 0.2) is 29.2 Å². The van der Waals surface area contributed by atoms with Crippen molar-refractivity contribution < 1.29 is 9.53 Å². The lowest BCUT2D eigenvalue weighted by Crippen LogP contribution is -2.22. The van der Waals surface area contributed by atoms with E-state index in [2.05, 4.69) is 5.10 Å². The third-order valence-electron chi connectivity index (χ3n) is 3.16. The van der Waals surface area contributed by atoms with Gasteiger partial charge in [-0.1, -0.05) is 6.07 Å². The summed E-state index contributed by atoms with van der Waals surface area (Å²) in [7, 11) is 0. The molecule has 0 unspecified atom stereocenters. The van der Waals surface area contributed by atoms with E-state index in [1.165, 1.54) is 9.08 Å². The first-order valence-corrected chi connectivity index (χ1v) is 6.46. The number of pyridine rings is 1. The van der Waals surface area contributed by atoms with Crippen molar-refractivity contribution in [1.82, 2.24) is 14.2 Å². The number of fused-ring (bicyclic) bond motifs is 1. The van der Waals surface area contributed by atoms with Gasteiger partial charge in [0.15, 0.2) is 5.65 Å². The summed E-state index contributed by atoms with van der Waals surface area (Å²) in [6, 6.07) is 5.41. The van der Waals surface area contributed by atoms with Gasteiger partial charge in [0, 0.05) is 19.2 Å². The van der Waals surface area contributed by atoms with Crippen LogP contribution < -0.4 is 5.69 Å². The van der Waals surface area contributed by atoms with Crippen molar-refractivity contribution in [3.8, 4) is 0 Å². The first kappa shape index (κ1) is 12.0. The Labute approximate surface area is 109 Å². The number of aryl methyl sites for hydroxylation is 1. The third-order valence-corrected chi connectivity index (χ3v) is 3.16. The molecule has 0 bridgehead atoms. The number of rotatable bonds is 5. The van der Waals surface area contributed by atoms with Crippen LogP contribution in [0.5, 0.6) is 0 Å². The fourth-order valence-electron chi connectivity index (χ4n) is 1.94. The number of carbonyl (C=O) groups is 1. The second-order valence-corrected chi connectivity index (χ2v) is 4.73. The normalized spacial score (nSPS) is 14.7. The molecule has 2 heterocycles. The molecule has 0 aromatic carbocycles. The Morgan fingerprint density at radius 2 is 2.26 bits per heavy atom. The van der Waals surface area contributed by atoms with E-state index in [0.717, 1.165) is 12.8 Å². The van der Waals surface area contributed by atoms with E-state index >= 15 is 0 Å². The van der Waals surface area contributed by atoms with E-state index < -0.39 is 0 Å². The Bertz CT molecular complexity index is 654. The molecule has 0 N–H and O–H groups in total. The van der Waals surface area contributed by atoms with E-state index in [0.29, 0.717) is 25.2 Å². The highest BCUT2D eigenvalue weighted by Gasteiger charge is 2.30. The van der Waals surface area contributed by atoms with Crippen LogP contribution >= 0.6 is 0 Å². The zero-order valence-electron chi connectivity index (χ0n) is 10.5. The zero-order chi connectivity index (χ0) is 13.2. The van der Waals surface area contributed by atoms with Crippen LogP contribution in [0.25, 0.3) is 5.65 Å². The lowest BCUT2D eigenvalue weighted by Gasteiger charge is -2.02. The number of nitrogens with zero attached hydrogens (tertiary/aromatic N) is 3. The van der Waals surface area contributed by atoms with E-state index in [1.807, 2.05) is 6.07 Å². The molecule has 0 aliphatic heterocycles. The minimum absolute atomic E-state index is 0.109. The quantitative estimate of drug-likeness (QED) is 0.591. The van der Waals surface area contributed by atoms with Gasteiger partial charge in [0.05, 0.1) is 12.5 Å². The highest BCUT2D eigenvalue weighted by molar-refractivity contribution is 5.74. The van der Waals surface area contributed by atoms with Crippen molar-refractivity contribution in [2.75, 3.05) is 6.61 Å². The maximum Gasteiger partial charge on any atom is 0.350 e. The highest BCUT2D eigenvalue weighted by atomic mass is 16.5. The molecule has 0 radical (unpaired) electrons. The Hall–Kier alpha value is -2.11. The number of hydrogen-bond donors (Lipinski definition) is 0. The van der Waals surface area contributed by atoms with Gasteiger partial charge in [-0.2, -0.15) is 0 Å². The Balaban J connectivity index is 1.57. The maximum atomic E-state index is 11.9. The Kier molecular flexibility index (Phi) is 3.06. The second kappa shape index (κ2) is 4.87. The number of esters is 1. The molecule has 3 rings (SSSR count). The standard InChI is InChI=1S/C13H15N3O3/c17-12(10-5-6-10)19-9-3-8-16-13(18)15-7-2-1-4-11(15)14-16/h1-2,4,7,10H,3,5-6,8-9H2. The summed E-state index contributed by atoms with van der Waals surface area (Å²) in [6.07, 6.45) is 4.19. The van der Waals surface area contributed by atoms with Crippen LogP contribution in [0.2, 0.25) is 0 Å². The molecule has 2 aromatic heterocycles. The molecule has 1 saturated carbocycles. The smallest absolute Gasteiger partial charge is 0.350 e. The van der Waals surface area contributed by atoms with Gasteiger partial charge < -0.3 is 4.74 Å². The predicted octanol–water partition coefficient (Wildman–Crippen LogP) is 0.839. The van der Waals surface area contributed by atoms with E-state index in [9.17, 15) is 9.59 Å². The summed E-state index contributed by atoms with van der Waals surface area (Å²) in [5.41, 5.74) is 0.464. The maximum absolute atomic E-state index is 11.9. The Morgan fingerprint density at radius 1 is 1.42 bits per heavy atom. The molecule has 0 spiro atoms. The molecular weight excluding hydrogens is 246 g/mol. The lowest BCUT2D eigenvalue weighted by atomic mass is 10.4. The lowest BCUT2D eigenvalue weighted by molar-refractivity contribution is -0.145. The van der Waals surface area contributed by atoms with Crippen molar-refractivity contribution in [3.05, 3.63) is 34.9 Å². The fourth-order valence-corrected chi connectivity index (χ4v) is 1.94. The highest BCUT2D eigenvalue weighted by Crippen LogP contribution is 2.29. The summed E-state index contributed by atoms with van der Waals surface area (Å²) in [6.45, 7) is 0.800. The van der Waals surface area contributed by atoms with Crippen LogP contribution in [0.3, 0.4) is 0 Å². The molecule has 19 heavy (non-hydrogen) atoms. The molecule has 0 saturated heterocycles. The first-order valence-electron chi connectivity index (χ1n) is 6.46. The second-order valence-electron chi connectivity index (χ2n) is 4.73. The Morgan fingerprint density at radius 3 is 3.00 bits per heavy atom. The zero-order valence-corrected chi connectivity index (χ0v) is 10.5. The summed E-state index contributed by atoms with van der Waals surface area (Å²) in [4.78, 5) is 23.2. The summed E-state index contributed by atoms with van der Waals surface area (Å²) in [5.74, 6) is 0.0141. The minimum atomic E-state index is -0.163. The van der Waals surface area contributed by atoms with Crippen LogP contribution in [0.4, 0.5) is 0 Å². The largest absolute Gasteiger partial charge is 0.465 e. The molecule has 100 valence electrons. The number of carbonyl (C=O) groups excluding carboxylic acids is 1. The van der Waals surface area contributed by atoms with E-state index in [-0.39, 0.29) is 17.6 Å². The van der Waals surface area contributed by atoms with Crippen LogP contribution in [-0.4, -0.2) is 26.8 Å². The molecular formula is C13H15N3O3. The molecule has 1 aliphatic carbocycles. The SMILES string of the molecule is O=C(OCCCn1nc2ccccn2c1=O)C1CC1. The van der Waals surface area contributed by atoms with Gasteiger partial charge in [-0.05, 0) is 25.0 Å². The molecule has 1 aliphatic rings. The van der Waals surface area contributed by atoms with Crippen molar-refractivity contribution >= 4 is 11.6 Å². The van der Waals surface area contributed by atoms with Crippen LogP contribution in [-0.2, 0) is 16.1 Å². The van der Waals surface area contributed by atoms with Crippen molar-refractivity contribution in [2.45, 2.75) is 25.8 Å². The summed E-state index contributed by atoms with van der Waals surface area (Å²) < 4.78 is 8.01. The van der Waals surface area contributed by atoms with Gasteiger partial charge in [0.1, 0.15) is 0 Å². The number of ether oxygens (including phenoxy) is 1. The number of hydrogen-bond acceptors (Lipinski definition) is 4. The molecule has 6 nitrogen and oxygen atoms in total. The fraction of sp³-hybridized carbons (Fsp3) is 0.462. The van der Waals surface area contributed by atoms with Crippen molar-refractivity contribution in [1.29, 1.82) is 0 Å². The van der Waals surface area contributed by atoms with Gasteiger partial charge >= 0.3 is 11.7 Å². The first-order chi connectivity index (χ1) is 9.25. The predicted molar refractivity (Wildman–Crippen MR) is 67.8 cm³/mol. The van der Waals surface area contributed by atoms with Gasteiger partial charge in [-0.3, -0.25) is 9.20 Å². The molecule has 0 atom stereocenters. The average molecular weight is 261 g/mol. The summed E-state index contributed by atoms with van der Waals surface area (Å²) >= 11 is 0. The monoisotopic (exact) mass is 261 g/mol. The van der Waals surface area contributed by atoms with E-state index in [1.54, 1.807) is 18.3 Å². The van der Waals surface area contributed by atoms with Gasteiger partial charge in [-0.25, -0.2) is 9.48 Å². The average Bonchev–Trinajstić information content (AvgIpc) is 3.22. The number of aromatic nitrogens is 3. The molecule has 1 fully saturated rings. The summed E-state index contributed by atoms with van der Waals surface area (Å²) in [5, 5.41) is 4.20. The van der Waals surface area contributed by atoms with Crippen LogP contribution in [0.1, 0.15) is 19.3 Å². The van der Waals surface area contributed by atoms with Gasteiger partial charge in [-0.15, -0.1) is 5.10 Å². The third kappa shape index (κ3) is 2.52. The van der Waals surface area contributed by atoms with E-state index in [4.69, 9.17) is 4.74 Å². The van der Waals surface area contributed by atoms with Crippen molar-refractivity contribution in [2.24, 2.45) is 5.92 Å². The topological polar surface area (TPSA) is 65.6 Å². The molecule has 0 amide bonds. The van der Waals surface area contributed by atoms with Gasteiger partial charge in [0.2, 0.25) is 0 Å².